The summed E-state index contributed by atoms with van der Waals surface area (Å²) in [5.41, 5.74) is 0.177. The maximum Gasteiger partial charge on any atom is 0.573 e. The summed E-state index contributed by atoms with van der Waals surface area (Å²) in [7, 11) is 0. The third kappa shape index (κ3) is 5.61. The Labute approximate surface area is 137 Å². The van der Waals surface area contributed by atoms with Gasteiger partial charge >= 0.3 is 12.3 Å². The van der Waals surface area contributed by atoms with Gasteiger partial charge in [0, 0.05) is 6.08 Å². The molecule has 24 heavy (non-hydrogen) atoms. The van der Waals surface area contributed by atoms with Crippen LogP contribution in [0.1, 0.15) is 36.0 Å². The summed E-state index contributed by atoms with van der Waals surface area (Å²) in [6, 6.07) is 6.59. The Morgan fingerprint density at radius 2 is 1.79 bits per heavy atom. The van der Waals surface area contributed by atoms with E-state index in [9.17, 15) is 18.0 Å². The highest BCUT2D eigenvalue weighted by molar-refractivity contribution is 5.89. The van der Waals surface area contributed by atoms with E-state index in [-0.39, 0.29) is 17.4 Å². The minimum absolute atomic E-state index is 0.177. The fraction of sp³-hybridized carbons (Fsp3) is 0.412. The SMILES string of the molecule is N#CC=C[C@H]1CC[C@H](OC(=O)c2ccc(OC(F)(F)F)cc2)CC1. The third-order valence-electron chi connectivity index (χ3n) is 3.76. The van der Waals surface area contributed by atoms with Gasteiger partial charge in [-0.3, -0.25) is 0 Å². The largest absolute Gasteiger partial charge is 0.573 e. The molecule has 128 valence electrons. The van der Waals surface area contributed by atoms with Gasteiger partial charge in [-0.1, -0.05) is 6.08 Å². The smallest absolute Gasteiger partial charge is 0.459 e. The van der Waals surface area contributed by atoms with Gasteiger partial charge in [0.05, 0.1) is 11.6 Å². The lowest BCUT2D eigenvalue weighted by molar-refractivity contribution is -0.274. The number of ether oxygens (including phenoxy) is 2. The van der Waals surface area contributed by atoms with Crippen molar-refractivity contribution in [3.63, 3.8) is 0 Å². The molecular weight excluding hydrogens is 323 g/mol. The van der Waals surface area contributed by atoms with Crippen LogP contribution in [0.15, 0.2) is 36.4 Å². The first-order valence-corrected chi connectivity index (χ1v) is 7.50. The van der Waals surface area contributed by atoms with Crippen LogP contribution < -0.4 is 4.74 Å². The number of allylic oxidation sites excluding steroid dienone is 2. The molecule has 0 bridgehead atoms. The van der Waals surface area contributed by atoms with Crippen LogP contribution in [0, 0.1) is 17.2 Å². The lowest BCUT2D eigenvalue weighted by Crippen LogP contribution is -2.24. The van der Waals surface area contributed by atoms with Crippen LogP contribution in [0.4, 0.5) is 13.2 Å². The molecule has 1 aromatic carbocycles. The number of halogens is 3. The normalized spacial score (nSPS) is 21.2. The van der Waals surface area contributed by atoms with E-state index in [1.165, 1.54) is 18.2 Å². The topological polar surface area (TPSA) is 59.3 Å². The molecule has 0 unspecified atom stereocenters. The van der Waals surface area contributed by atoms with Crippen molar-refractivity contribution in [3.8, 4) is 11.8 Å². The molecule has 0 aliphatic heterocycles. The van der Waals surface area contributed by atoms with Gasteiger partial charge < -0.3 is 9.47 Å². The molecule has 1 saturated carbocycles. The van der Waals surface area contributed by atoms with E-state index in [1.807, 2.05) is 12.1 Å². The van der Waals surface area contributed by atoms with Gasteiger partial charge in [-0.2, -0.15) is 5.26 Å². The molecule has 1 aliphatic carbocycles. The quantitative estimate of drug-likeness (QED) is 0.603. The molecule has 4 nitrogen and oxygen atoms in total. The Morgan fingerprint density at radius 1 is 1.17 bits per heavy atom. The number of alkyl halides is 3. The van der Waals surface area contributed by atoms with Crippen molar-refractivity contribution in [2.45, 2.75) is 38.1 Å². The molecule has 1 aliphatic rings. The number of hydrogen-bond donors (Lipinski definition) is 0. The van der Waals surface area contributed by atoms with Gasteiger partial charge in [0.25, 0.3) is 0 Å². The fourth-order valence-corrected chi connectivity index (χ4v) is 2.59. The first-order valence-electron chi connectivity index (χ1n) is 7.50. The van der Waals surface area contributed by atoms with Crippen molar-refractivity contribution >= 4 is 5.97 Å². The molecule has 0 aromatic heterocycles. The van der Waals surface area contributed by atoms with Gasteiger partial charge in [-0.15, -0.1) is 13.2 Å². The van der Waals surface area contributed by atoms with Crippen LogP contribution in [0.3, 0.4) is 0 Å². The standard InChI is InChI=1S/C17H16F3NO3/c18-17(19,20)24-15-9-5-13(6-10-15)16(22)23-14-7-3-12(4-8-14)2-1-11-21/h1-2,5-6,9-10,12,14H,3-4,7-8H2/t12-,14-. The van der Waals surface area contributed by atoms with Crippen molar-refractivity contribution < 1.29 is 27.4 Å². The number of carbonyl (C=O) groups excluding carboxylic acids is 1. The van der Waals surface area contributed by atoms with Crippen molar-refractivity contribution in [3.05, 3.63) is 42.0 Å². The molecule has 1 aromatic rings. The number of nitriles is 1. The molecule has 0 spiro atoms. The molecule has 0 radical (unpaired) electrons. The van der Waals surface area contributed by atoms with Crippen LogP contribution in [-0.2, 0) is 4.74 Å². The lowest BCUT2D eigenvalue weighted by atomic mass is 9.87. The molecule has 0 heterocycles. The Morgan fingerprint density at radius 3 is 2.33 bits per heavy atom. The van der Waals surface area contributed by atoms with Crippen molar-refractivity contribution in [1.82, 2.24) is 0 Å². The predicted molar refractivity (Wildman–Crippen MR) is 79.0 cm³/mol. The minimum Gasteiger partial charge on any atom is -0.459 e. The lowest BCUT2D eigenvalue weighted by Gasteiger charge is -2.26. The monoisotopic (exact) mass is 339 g/mol. The highest BCUT2D eigenvalue weighted by atomic mass is 19.4. The van der Waals surface area contributed by atoms with Crippen LogP contribution in [0.25, 0.3) is 0 Å². The Bertz CT molecular complexity index is 624. The van der Waals surface area contributed by atoms with Crippen molar-refractivity contribution in [2.24, 2.45) is 5.92 Å². The second kappa shape index (κ2) is 7.86. The number of rotatable bonds is 4. The van der Waals surface area contributed by atoms with Crippen molar-refractivity contribution in [1.29, 1.82) is 5.26 Å². The fourth-order valence-electron chi connectivity index (χ4n) is 2.59. The maximum absolute atomic E-state index is 12.1. The summed E-state index contributed by atoms with van der Waals surface area (Å²) in [5.74, 6) is -0.633. The average molecular weight is 339 g/mol. The highest BCUT2D eigenvalue weighted by Gasteiger charge is 2.31. The molecule has 2 rings (SSSR count). The van der Waals surface area contributed by atoms with Crippen LogP contribution in [0.5, 0.6) is 5.75 Å². The van der Waals surface area contributed by atoms with Crippen LogP contribution in [0.2, 0.25) is 0 Å². The van der Waals surface area contributed by atoms with Gasteiger partial charge in [0.1, 0.15) is 11.9 Å². The van der Waals surface area contributed by atoms with Gasteiger partial charge in [0.2, 0.25) is 0 Å². The molecule has 0 atom stereocenters. The summed E-state index contributed by atoms with van der Waals surface area (Å²) in [6.45, 7) is 0. The molecule has 7 heteroatoms. The van der Waals surface area contributed by atoms with E-state index in [2.05, 4.69) is 4.74 Å². The second-order valence-electron chi connectivity index (χ2n) is 5.50. The molecular formula is C17H16F3NO3. The van der Waals surface area contributed by atoms with E-state index in [4.69, 9.17) is 10.00 Å². The number of benzene rings is 1. The van der Waals surface area contributed by atoms with E-state index >= 15 is 0 Å². The maximum atomic E-state index is 12.1. The predicted octanol–water partition coefficient (Wildman–Crippen LogP) is 4.38. The number of esters is 1. The first kappa shape index (κ1) is 17.9. The van der Waals surface area contributed by atoms with E-state index < -0.39 is 12.3 Å². The first-order chi connectivity index (χ1) is 11.4. The van der Waals surface area contributed by atoms with Gasteiger partial charge in [-0.25, -0.2) is 4.79 Å². The van der Waals surface area contributed by atoms with Gasteiger partial charge in [0.15, 0.2) is 0 Å². The summed E-state index contributed by atoms with van der Waals surface area (Å²) in [5, 5.41) is 8.50. The van der Waals surface area contributed by atoms with E-state index in [0.717, 1.165) is 25.0 Å². The van der Waals surface area contributed by atoms with E-state index in [1.54, 1.807) is 0 Å². The molecule has 0 N–H and O–H groups in total. The Balaban J connectivity index is 1.85. The van der Waals surface area contributed by atoms with E-state index in [0.29, 0.717) is 18.8 Å². The van der Waals surface area contributed by atoms with Crippen LogP contribution in [-0.4, -0.2) is 18.4 Å². The average Bonchev–Trinajstić information content (AvgIpc) is 2.53. The highest BCUT2D eigenvalue weighted by Crippen LogP contribution is 2.28. The zero-order valence-corrected chi connectivity index (χ0v) is 12.8. The molecule has 0 amide bonds. The summed E-state index contributed by atoms with van der Waals surface area (Å²) in [4.78, 5) is 12.0. The zero-order chi connectivity index (χ0) is 17.6. The Hall–Kier alpha value is -2.49. The number of nitrogens with zero attached hydrogens (tertiary/aromatic N) is 1. The number of carbonyl (C=O) groups is 1. The molecule has 1 fully saturated rings. The summed E-state index contributed by atoms with van der Waals surface area (Å²) in [6.07, 6.45) is 1.39. The number of hydrogen-bond acceptors (Lipinski definition) is 4. The van der Waals surface area contributed by atoms with Crippen LogP contribution >= 0.6 is 0 Å². The third-order valence-corrected chi connectivity index (χ3v) is 3.76. The zero-order valence-electron chi connectivity index (χ0n) is 12.8. The van der Waals surface area contributed by atoms with Crippen molar-refractivity contribution in [2.75, 3.05) is 0 Å². The second-order valence-corrected chi connectivity index (χ2v) is 5.50. The summed E-state index contributed by atoms with van der Waals surface area (Å²) >= 11 is 0. The minimum atomic E-state index is -4.76. The molecule has 0 saturated heterocycles. The Kier molecular flexibility index (Phi) is 5.85. The summed E-state index contributed by atoms with van der Waals surface area (Å²) < 4.78 is 45.4. The van der Waals surface area contributed by atoms with Gasteiger partial charge in [-0.05, 0) is 55.9 Å².